The molecular weight excluding hydrogens is 292 g/mol. The van der Waals surface area contributed by atoms with Crippen molar-refractivity contribution < 1.29 is 14.3 Å². The first kappa shape index (κ1) is 16.3. The summed E-state index contributed by atoms with van der Waals surface area (Å²) in [6, 6.07) is 6.21. The van der Waals surface area contributed by atoms with Gasteiger partial charge in [-0.3, -0.25) is 4.79 Å². The summed E-state index contributed by atoms with van der Waals surface area (Å²) >= 11 is 0. The molecule has 2 aliphatic rings. The van der Waals surface area contributed by atoms with Gasteiger partial charge >= 0.3 is 0 Å². The third-order valence-electron chi connectivity index (χ3n) is 4.65. The molecule has 0 radical (unpaired) electrons. The van der Waals surface area contributed by atoms with Crippen LogP contribution in [0.3, 0.4) is 0 Å². The number of ether oxygens (including phenoxy) is 2. The van der Waals surface area contributed by atoms with Gasteiger partial charge in [-0.1, -0.05) is 18.2 Å². The van der Waals surface area contributed by atoms with Gasteiger partial charge in [0.1, 0.15) is 18.0 Å². The Morgan fingerprint density at radius 1 is 1.26 bits per heavy atom. The number of likely N-dealkylation sites (tertiary alicyclic amines) is 1. The van der Waals surface area contributed by atoms with Crippen LogP contribution >= 0.6 is 0 Å². The molecule has 23 heavy (non-hydrogen) atoms. The standard InChI is InChI=1S/C18H26N2O3/c1-13-4-3-5-14(2)17(13)23-15-6-9-20(10-7-15)18(21)16-12-19-8-11-22-16/h3-5,15-16,19H,6-12H2,1-2H3. The van der Waals surface area contributed by atoms with E-state index in [1.54, 1.807) is 0 Å². The van der Waals surface area contributed by atoms with Gasteiger partial charge in [-0.25, -0.2) is 0 Å². The molecule has 2 aliphatic heterocycles. The lowest BCUT2D eigenvalue weighted by Gasteiger charge is -2.35. The molecule has 1 unspecified atom stereocenters. The minimum Gasteiger partial charge on any atom is -0.490 e. The van der Waals surface area contributed by atoms with Crippen molar-refractivity contribution in [3.63, 3.8) is 0 Å². The zero-order valence-electron chi connectivity index (χ0n) is 14.0. The summed E-state index contributed by atoms with van der Waals surface area (Å²) in [5.74, 6) is 1.11. The molecule has 1 aromatic carbocycles. The van der Waals surface area contributed by atoms with Crippen LogP contribution < -0.4 is 10.1 Å². The number of carbonyl (C=O) groups is 1. The molecule has 126 valence electrons. The largest absolute Gasteiger partial charge is 0.490 e. The van der Waals surface area contributed by atoms with Gasteiger partial charge in [0.05, 0.1) is 6.61 Å². The molecule has 0 saturated carbocycles. The maximum atomic E-state index is 12.4. The Bertz CT molecular complexity index is 527. The summed E-state index contributed by atoms with van der Waals surface area (Å²) < 4.78 is 11.8. The zero-order valence-corrected chi connectivity index (χ0v) is 14.0. The maximum absolute atomic E-state index is 12.4. The van der Waals surface area contributed by atoms with E-state index in [-0.39, 0.29) is 18.1 Å². The van der Waals surface area contributed by atoms with Crippen LogP contribution in [0.4, 0.5) is 0 Å². The lowest BCUT2D eigenvalue weighted by Crippen LogP contribution is -2.52. The summed E-state index contributed by atoms with van der Waals surface area (Å²) in [7, 11) is 0. The molecule has 2 saturated heterocycles. The molecule has 1 aromatic rings. The monoisotopic (exact) mass is 318 g/mol. The molecule has 2 heterocycles. The van der Waals surface area contributed by atoms with Crippen LogP contribution in [0.1, 0.15) is 24.0 Å². The van der Waals surface area contributed by atoms with Crippen LogP contribution in [0.25, 0.3) is 0 Å². The third-order valence-corrected chi connectivity index (χ3v) is 4.65. The highest BCUT2D eigenvalue weighted by atomic mass is 16.5. The van der Waals surface area contributed by atoms with Crippen LogP contribution in [0.5, 0.6) is 5.75 Å². The predicted molar refractivity (Wildman–Crippen MR) is 88.8 cm³/mol. The fourth-order valence-electron chi connectivity index (χ4n) is 3.27. The van der Waals surface area contributed by atoms with E-state index < -0.39 is 0 Å². The van der Waals surface area contributed by atoms with E-state index in [1.165, 1.54) is 11.1 Å². The van der Waals surface area contributed by atoms with Crippen molar-refractivity contribution in [2.24, 2.45) is 0 Å². The van der Waals surface area contributed by atoms with Crippen molar-refractivity contribution in [2.45, 2.75) is 38.9 Å². The molecule has 3 rings (SSSR count). The molecule has 0 spiro atoms. The number of nitrogens with zero attached hydrogens (tertiary/aromatic N) is 1. The highest BCUT2D eigenvalue weighted by Gasteiger charge is 2.30. The number of hydrogen-bond acceptors (Lipinski definition) is 4. The molecule has 2 fully saturated rings. The minimum atomic E-state index is -0.320. The Kier molecular flexibility index (Phi) is 5.18. The first-order chi connectivity index (χ1) is 11.1. The van der Waals surface area contributed by atoms with Crippen LogP contribution in [0, 0.1) is 13.8 Å². The summed E-state index contributed by atoms with van der Waals surface area (Å²) in [6.07, 6.45) is 1.61. The number of amides is 1. The molecule has 5 heteroatoms. The highest BCUT2D eigenvalue weighted by Crippen LogP contribution is 2.26. The SMILES string of the molecule is Cc1cccc(C)c1OC1CCN(C(=O)C2CNCCO2)CC1. The van der Waals surface area contributed by atoms with Gasteiger partial charge in [0, 0.05) is 39.0 Å². The molecule has 0 bridgehead atoms. The van der Waals surface area contributed by atoms with Crippen LogP contribution in [-0.2, 0) is 9.53 Å². The van der Waals surface area contributed by atoms with Crippen molar-refractivity contribution >= 4 is 5.91 Å². The number of piperidine rings is 1. The van der Waals surface area contributed by atoms with Crippen LogP contribution in [0.15, 0.2) is 18.2 Å². The Balaban J connectivity index is 1.53. The highest BCUT2D eigenvalue weighted by molar-refractivity contribution is 5.81. The second kappa shape index (κ2) is 7.32. The van der Waals surface area contributed by atoms with E-state index in [0.29, 0.717) is 13.2 Å². The van der Waals surface area contributed by atoms with Gasteiger partial charge in [-0.2, -0.15) is 0 Å². The van der Waals surface area contributed by atoms with Crippen LogP contribution in [-0.4, -0.2) is 55.8 Å². The van der Waals surface area contributed by atoms with E-state index in [9.17, 15) is 4.79 Å². The van der Waals surface area contributed by atoms with Gasteiger partial charge < -0.3 is 19.7 Å². The Hall–Kier alpha value is -1.59. The van der Waals surface area contributed by atoms with Gasteiger partial charge in [0.2, 0.25) is 0 Å². The van der Waals surface area contributed by atoms with Crippen LogP contribution in [0.2, 0.25) is 0 Å². The van der Waals surface area contributed by atoms with Gasteiger partial charge in [0.15, 0.2) is 0 Å². The minimum absolute atomic E-state index is 0.114. The molecular formula is C18H26N2O3. The Morgan fingerprint density at radius 2 is 1.96 bits per heavy atom. The van der Waals surface area contributed by atoms with E-state index >= 15 is 0 Å². The van der Waals surface area contributed by atoms with Crippen molar-refractivity contribution in [3.05, 3.63) is 29.3 Å². The topological polar surface area (TPSA) is 50.8 Å². The first-order valence-corrected chi connectivity index (χ1v) is 8.49. The third kappa shape index (κ3) is 3.85. The normalized spacial score (nSPS) is 22.9. The lowest BCUT2D eigenvalue weighted by atomic mass is 10.1. The number of rotatable bonds is 3. The summed E-state index contributed by atoms with van der Waals surface area (Å²) in [6.45, 7) is 7.71. The number of para-hydroxylation sites is 1. The average Bonchev–Trinajstić information content (AvgIpc) is 2.59. The summed E-state index contributed by atoms with van der Waals surface area (Å²) in [4.78, 5) is 14.4. The molecule has 5 nitrogen and oxygen atoms in total. The van der Waals surface area contributed by atoms with Gasteiger partial charge in [0.25, 0.3) is 5.91 Å². The van der Waals surface area contributed by atoms with E-state index in [0.717, 1.165) is 38.2 Å². The van der Waals surface area contributed by atoms with Crippen molar-refractivity contribution in [1.29, 1.82) is 0 Å². The number of hydrogen-bond donors (Lipinski definition) is 1. The Labute approximate surface area is 137 Å². The summed E-state index contributed by atoms with van der Waals surface area (Å²) in [5.41, 5.74) is 2.34. The van der Waals surface area contributed by atoms with Crippen molar-refractivity contribution in [1.82, 2.24) is 10.2 Å². The number of aryl methyl sites for hydroxylation is 2. The zero-order chi connectivity index (χ0) is 16.2. The quantitative estimate of drug-likeness (QED) is 0.921. The molecule has 0 aliphatic carbocycles. The predicted octanol–water partition coefficient (Wildman–Crippen LogP) is 1.66. The maximum Gasteiger partial charge on any atom is 0.253 e. The van der Waals surface area contributed by atoms with Crippen molar-refractivity contribution in [3.8, 4) is 5.75 Å². The molecule has 0 aromatic heterocycles. The van der Waals surface area contributed by atoms with Gasteiger partial charge in [-0.15, -0.1) is 0 Å². The second-order valence-corrected chi connectivity index (χ2v) is 6.43. The molecule has 1 N–H and O–H groups in total. The summed E-state index contributed by atoms with van der Waals surface area (Å²) in [5, 5.41) is 3.21. The van der Waals surface area contributed by atoms with E-state index in [1.807, 2.05) is 4.90 Å². The molecule has 1 atom stereocenters. The lowest BCUT2D eigenvalue weighted by molar-refractivity contribution is -0.147. The number of nitrogens with one attached hydrogen (secondary N) is 1. The van der Waals surface area contributed by atoms with E-state index in [4.69, 9.17) is 9.47 Å². The fraction of sp³-hybridized carbons (Fsp3) is 0.611. The van der Waals surface area contributed by atoms with E-state index in [2.05, 4.69) is 37.4 Å². The number of benzene rings is 1. The van der Waals surface area contributed by atoms with Crippen molar-refractivity contribution in [2.75, 3.05) is 32.8 Å². The fourth-order valence-corrected chi connectivity index (χ4v) is 3.27. The smallest absolute Gasteiger partial charge is 0.253 e. The second-order valence-electron chi connectivity index (χ2n) is 6.43. The average molecular weight is 318 g/mol. The first-order valence-electron chi connectivity index (χ1n) is 8.49. The van der Waals surface area contributed by atoms with Gasteiger partial charge in [-0.05, 0) is 25.0 Å². The number of carbonyl (C=O) groups excluding carboxylic acids is 1. The molecule has 1 amide bonds. The number of morpholine rings is 1. The Morgan fingerprint density at radius 3 is 2.57 bits per heavy atom.